The van der Waals surface area contributed by atoms with Crippen LogP contribution in [0.15, 0.2) is 72.3 Å². The number of ether oxygens (including phenoxy) is 1. The van der Waals surface area contributed by atoms with Crippen LogP contribution in [0.25, 0.3) is 29.1 Å². The van der Waals surface area contributed by atoms with E-state index in [2.05, 4.69) is 62.9 Å². The highest BCUT2D eigenvalue weighted by molar-refractivity contribution is 6.01. The van der Waals surface area contributed by atoms with E-state index < -0.39 is 0 Å². The molecule has 6 nitrogen and oxygen atoms in total. The first-order chi connectivity index (χ1) is 19.1. The maximum absolute atomic E-state index is 12.7. The lowest BCUT2D eigenvalue weighted by Crippen LogP contribution is -2.28. The number of fused-ring (bicyclic) bond motifs is 1. The van der Waals surface area contributed by atoms with Gasteiger partial charge in [0, 0.05) is 23.9 Å². The van der Waals surface area contributed by atoms with Gasteiger partial charge in [-0.25, -0.2) is 0 Å². The molecule has 2 saturated heterocycles. The van der Waals surface area contributed by atoms with Crippen LogP contribution in [-0.2, 0) is 11.3 Å². The minimum absolute atomic E-state index is 0.0295. The zero-order valence-electron chi connectivity index (χ0n) is 22.3. The van der Waals surface area contributed by atoms with E-state index in [1.807, 2.05) is 42.5 Å². The number of carbonyl (C=O) groups is 1. The van der Waals surface area contributed by atoms with Crippen LogP contribution < -0.4 is 10.1 Å². The molecule has 4 aromatic rings. The zero-order chi connectivity index (χ0) is 26.6. The third-order valence-corrected chi connectivity index (χ3v) is 7.74. The Balaban J connectivity index is 1.13. The van der Waals surface area contributed by atoms with Crippen LogP contribution in [0.2, 0.25) is 0 Å². The van der Waals surface area contributed by atoms with Gasteiger partial charge in [0.2, 0.25) is 5.91 Å². The van der Waals surface area contributed by atoms with Crippen molar-refractivity contribution in [2.45, 2.75) is 38.3 Å². The quantitative estimate of drug-likeness (QED) is 0.279. The molecule has 2 aliphatic rings. The minimum atomic E-state index is -0.0506. The summed E-state index contributed by atoms with van der Waals surface area (Å²) >= 11 is 0. The molecular weight excluding hydrogens is 484 g/mol. The summed E-state index contributed by atoms with van der Waals surface area (Å²) in [7, 11) is 1.65. The number of likely N-dealkylation sites (tertiary alicyclic amines) is 1. The number of H-pyrrole nitrogens is 1. The van der Waals surface area contributed by atoms with Gasteiger partial charge in [0.05, 0.1) is 24.4 Å². The van der Waals surface area contributed by atoms with Crippen molar-refractivity contribution in [2.24, 2.45) is 0 Å². The fraction of sp³-hybridized carbons (Fsp3) is 0.273. The van der Waals surface area contributed by atoms with Crippen LogP contribution in [0.1, 0.15) is 59.7 Å². The Kier molecular flexibility index (Phi) is 7.28. The molecule has 1 unspecified atom stereocenters. The topological polar surface area (TPSA) is 70.2 Å². The average Bonchev–Trinajstić information content (AvgIpc) is 3.55. The first kappa shape index (κ1) is 25.1. The number of nitrogens with one attached hydrogen (secondary N) is 2. The molecule has 6 heteroatoms. The summed E-state index contributed by atoms with van der Waals surface area (Å²) in [5, 5.41) is 11.8. The van der Waals surface area contributed by atoms with Crippen LogP contribution in [0.5, 0.6) is 5.75 Å². The highest BCUT2D eigenvalue weighted by Gasteiger charge is 2.27. The number of aromatic nitrogens is 2. The molecule has 1 amide bonds. The van der Waals surface area contributed by atoms with Gasteiger partial charge in [0.15, 0.2) is 0 Å². The SMILES string of the molecule is COc1cccc(C2CC(=Cc3ccc4c(C=Cc5ccc(CN6CCCCC6)cc5)n[nH]c4c3)C(=O)N2)c1. The summed E-state index contributed by atoms with van der Waals surface area (Å²) in [6.07, 6.45) is 10.8. The van der Waals surface area contributed by atoms with E-state index in [1.54, 1.807) is 7.11 Å². The Morgan fingerprint density at radius 2 is 1.79 bits per heavy atom. The van der Waals surface area contributed by atoms with E-state index in [9.17, 15) is 4.79 Å². The Hall–Kier alpha value is -4.16. The number of rotatable bonds is 7. The second-order valence-electron chi connectivity index (χ2n) is 10.5. The number of hydrogen-bond acceptors (Lipinski definition) is 4. The van der Waals surface area contributed by atoms with Crippen LogP contribution in [0, 0.1) is 0 Å². The number of methoxy groups -OCH3 is 1. The van der Waals surface area contributed by atoms with Crippen molar-refractivity contribution in [3.8, 4) is 5.75 Å². The molecule has 39 heavy (non-hydrogen) atoms. The van der Waals surface area contributed by atoms with Crippen molar-refractivity contribution in [3.05, 3.63) is 100 Å². The summed E-state index contributed by atoms with van der Waals surface area (Å²) in [6, 6.07) is 22.8. The predicted octanol–water partition coefficient (Wildman–Crippen LogP) is 6.37. The molecule has 0 aliphatic carbocycles. The van der Waals surface area contributed by atoms with Gasteiger partial charge in [-0.1, -0.05) is 55.0 Å². The van der Waals surface area contributed by atoms with Crippen LogP contribution >= 0.6 is 0 Å². The molecule has 0 bridgehead atoms. The molecule has 6 rings (SSSR count). The fourth-order valence-electron chi connectivity index (χ4n) is 5.56. The number of amides is 1. The summed E-state index contributed by atoms with van der Waals surface area (Å²) in [5.74, 6) is 0.761. The number of carbonyl (C=O) groups excluding carboxylic acids is 1. The monoisotopic (exact) mass is 518 g/mol. The Bertz CT molecular complexity index is 1530. The number of aromatic amines is 1. The molecule has 2 fully saturated rings. The molecule has 2 aliphatic heterocycles. The number of piperidine rings is 1. The number of benzene rings is 3. The fourth-order valence-corrected chi connectivity index (χ4v) is 5.56. The lowest BCUT2D eigenvalue weighted by atomic mass is 10.0. The van der Waals surface area contributed by atoms with Crippen LogP contribution in [0.4, 0.5) is 0 Å². The van der Waals surface area contributed by atoms with Gasteiger partial charge in [-0.2, -0.15) is 5.10 Å². The average molecular weight is 519 g/mol. The molecule has 0 radical (unpaired) electrons. The standard InChI is InChI=1S/C33H34N4O2/c1-39-28-7-5-6-26(20-28)31-21-27(33(38)34-31)18-25-12-14-29-30(35-36-32(29)19-25)15-13-23-8-10-24(11-9-23)22-37-16-3-2-4-17-37/h5-15,18-20,31H,2-4,16-17,21-22H2,1H3,(H,34,38)(H,35,36). The predicted molar refractivity (Wildman–Crippen MR) is 157 cm³/mol. The molecule has 198 valence electrons. The van der Waals surface area contributed by atoms with Crippen molar-refractivity contribution in [1.29, 1.82) is 0 Å². The summed E-state index contributed by atoms with van der Waals surface area (Å²) < 4.78 is 5.34. The molecular formula is C33H34N4O2. The summed E-state index contributed by atoms with van der Waals surface area (Å²) in [4.78, 5) is 15.2. The van der Waals surface area contributed by atoms with Crippen molar-refractivity contribution >= 4 is 35.0 Å². The van der Waals surface area contributed by atoms with Crippen molar-refractivity contribution < 1.29 is 9.53 Å². The maximum atomic E-state index is 12.7. The van der Waals surface area contributed by atoms with Crippen LogP contribution in [-0.4, -0.2) is 41.2 Å². The van der Waals surface area contributed by atoms with E-state index in [4.69, 9.17) is 4.74 Å². The molecule has 2 N–H and O–H groups in total. The molecule has 3 heterocycles. The molecule has 1 atom stereocenters. The van der Waals surface area contributed by atoms with Gasteiger partial charge in [-0.15, -0.1) is 0 Å². The minimum Gasteiger partial charge on any atom is -0.497 e. The van der Waals surface area contributed by atoms with E-state index >= 15 is 0 Å². The molecule has 0 saturated carbocycles. The van der Waals surface area contributed by atoms with E-state index in [1.165, 1.54) is 37.9 Å². The van der Waals surface area contributed by atoms with E-state index in [0.29, 0.717) is 6.42 Å². The van der Waals surface area contributed by atoms with Gasteiger partial charge in [0.25, 0.3) is 0 Å². The lowest BCUT2D eigenvalue weighted by Gasteiger charge is -2.26. The Morgan fingerprint density at radius 1 is 0.974 bits per heavy atom. The highest BCUT2D eigenvalue weighted by atomic mass is 16.5. The van der Waals surface area contributed by atoms with E-state index in [-0.39, 0.29) is 11.9 Å². The van der Waals surface area contributed by atoms with Crippen molar-refractivity contribution in [1.82, 2.24) is 20.4 Å². The molecule has 0 spiro atoms. The van der Waals surface area contributed by atoms with Gasteiger partial charge < -0.3 is 10.1 Å². The molecule has 1 aromatic heterocycles. The van der Waals surface area contributed by atoms with Crippen molar-refractivity contribution in [2.75, 3.05) is 20.2 Å². The smallest absolute Gasteiger partial charge is 0.247 e. The van der Waals surface area contributed by atoms with Gasteiger partial charge in [-0.3, -0.25) is 14.8 Å². The maximum Gasteiger partial charge on any atom is 0.247 e. The van der Waals surface area contributed by atoms with Crippen molar-refractivity contribution in [3.63, 3.8) is 0 Å². The Labute approximate surface area is 229 Å². The summed E-state index contributed by atoms with van der Waals surface area (Å²) in [5.41, 5.74) is 7.16. The first-order valence-corrected chi connectivity index (χ1v) is 13.8. The second-order valence-corrected chi connectivity index (χ2v) is 10.5. The Morgan fingerprint density at radius 3 is 2.62 bits per heavy atom. The number of nitrogens with zero attached hydrogens (tertiary/aromatic N) is 2. The summed E-state index contributed by atoms with van der Waals surface area (Å²) in [6.45, 7) is 3.46. The first-order valence-electron chi connectivity index (χ1n) is 13.8. The molecule has 3 aromatic carbocycles. The second kappa shape index (κ2) is 11.3. The van der Waals surface area contributed by atoms with E-state index in [0.717, 1.165) is 51.2 Å². The normalized spacial score (nSPS) is 19.3. The third kappa shape index (κ3) is 5.81. The largest absolute Gasteiger partial charge is 0.497 e. The van der Waals surface area contributed by atoms with Gasteiger partial charge >= 0.3 is 0 Å². The number of hydrogen-bond donors (Lipinski definition) is 2. The third-order valence-electron chi connectivity index (χ3n) is 7.74. The zero-order valence-corrected chi connectivity index (χ0v) is 22.3. The lowest BCUT2D eigenvalue weighted by molar-refractivity contribution is -0.116. The van der Waals surface area contributed by atoms with Gasteiger partial charge in [-0.05, 0) is 84.6 Å². The van der Waals surface area contributed by atoms with Gasteiger partial charge in [0.1, 0.15) is 5.75 Å². The highest BCUT2D eigenvalue weighted by Crippen LogP contribution is 2.31. The van der Waals surface area contributed by atoms with Crippen LogP contribution in [0.3, 0.4) is 0 Å².